The fourth-order valence-electron chi connectivity index (χ4n) is 3.39. The van der Waals surface area contributed by atoms with Gasteiger partial charge in [0.2, 0.25) is 0 Å². The summed E-state index contributed by atoms with van der Waals surface area (Å²) in [5.74, 6) is 2.47. The molecule has 8 heteroatoms. The second-order valence-corrected chi connectivity index (χ2v) is 8.36. The summed E-state index contributed by atoms with van der Waals surface area (Å²) in [5.41, 5.74) is 1.09. The van der Waals surface area contributed by atoms with Gasteiger partial charge in [0.05, 0.1) is 5.69 Å². The molecule has 0 radical (unpaired) electrons. The van der Waals surface area contributed by atoms with Gasteiger partial charge in [-0.3, -0.25) is 10.1 Å². The molecule has 2 N–H and O–H groups in total. The van der Waals surface area contributed by atoms with Crippen LogP contribution < -0.4 is 29.6 Å². The predicted molar refractivity (Wildman–Crippen MR) is 151 cm³/mol. The van der Waals surface area contributed by atoms with Crippen LogP contribution in [0, 0.1) is 0 Å². The van der Waals surface area contributed by atoms with Crippen molar-refractivity contribution in [3.8, 4) is 23.0 Å². The Morgan fingerprint density at radius 1 is 0.579 bits per heavy atom. The van der Waals surface area contributed by atoms with Crippen molar-refractivity contribution in [2.45, 2.75) is 0 Å². The summed E-state index contributed by atoms with van der Waals surface area (Å²) in [7, 11) is 0. The SMILES string of the molecule is O=C(NC(=S)Nc1ccccc1OCCOc1ccccc1)c1ccc(OCCOc2ccccc2)cc1. The molecule has 0 atom stereocenters. The highest BCUT2D eigenvalue weighted by atomic mass is 32.1. The molecule has 0 aliphatic heterocycles. The normalized spacial score (nSPS) is 10.2. The maximum Gasteiger partial charge on any atom is 0.257 e. The predicted octanol–water partition coefficient (Wildman–Crippen LogP) is 5.73. The Hall–Kier alpha value is -4.56. The second kappa shape index (κ2) is 14.2. The van der Waals surface area contributed by atoms with Crippen molar-refractivity contribution in [3.05, 3.63) is 115 Å². The smallest absolute Gasteiger partial charge is 0.257 e. The minimum Gasteiger partial charge on any atom is -0.490 e. The molecule has 0 bridgehead atoms. The molecule has 4 aromatic rings. The van der Waals surface area contributed by atoms with Gasteiger partial charge in [0.1, 0.15) is 49.4 Å². The van der Waals surface area contributed by atoms with Crippen LogP contribution in [0.2, 0.25) is 0 Å². The summed E-state index contributed by atoms with van der Waals surface area (Å²) in [6.07, 6.45) is 0. The number of anilines is 1. The molecule has 0 saturated carbocycles. The van der Waals surface area contributed by atoms with Crippen molar-refractivity contribution in [2.24, 2.45) is 0 Å². The Kier molecular flexibility index (Phi) is 9.94. The fourth-order valence-corrected chi connectivity index (χ4v) is 3.59. The van der Waals surface area contributed by atoms with Gasteiger partial charge in [0.25, 0.3) is 5.91 Å². The molecule has 1 amide bonds. The quantitative estimate of drug-likeness (QED) is 0.180. The van der Waals surface area contributed by atoms with Crippen LogP contribution in [0.4, 0.5) is 5.69 Å². The molecule has 0 fully saturated rings. The Balaban J connectivity index is 1.20. The minimum absolute atomic E-state index is 0.157. The van der Waals surface area contributed by atoms with Crippen LogP contribution >= 0.6 is 12.2 Å². The number of ether oxygens (including phenoxy) is 4. The Labute approximate surface area is 227 Å². The van der Waals surface area contributed by atoms with Crippen molar-refractivity contribution >= 4 is 28.9 Å². The number of nitrogens with one attached hydrogen (secondary N) is 2. The summed E-state index contributed by atoms with van der Waals surface area (Å²) in [6, 6.07) is 33.2. The van der Waals surface area contributed by atoms with Crippen LogP contribution in [0.15, 0.2) is 109 Å². The van der Waals surface area contributed by atoms with Gasteiger partial charge in [-0.25, -0.2) is 0 Å². The highest BCUT2D eigenvalue weighted by Gasteiger charge is 2.11. The van der Waals surface area contributed by atoms with E-state index in [9.17, 15) is 4.79 Å². The Bertz CT molecular complexity index is 1300. The number of carbonyl (C=O) groups is 1. The molecule has 0 aliphatic carbocycles. The first kappa shape index (κ1) is 26.5. The highest BCUT2D eigenvalue weighted by molar-refractivity contribution is 7.80. The van der Waals surface area contributed by atoms with Gasteiger partial charge >= 0.3 is 0 Å². The maximum absolute atomic E-state index is 12.7. The molecule has 0 aromatic heterocycles. The lowest BCUT2D eigenvalue weighted by Gasteiger charge is -2.15. The summed E-state index contributed by atoms with van der Waals surface area (Å²) in [5, 5.41) is 5.87. The molecular formula is C30H28N2O5S. The lowest BCUT2D eigenvalue weighted by molar-refractivity contribution is 0.0977. The van der Waals surface area contributed by atoms with Crippen LogP contribution in [0.5, 0.6) is 23.0 Å². The van der Waals surface area contributed by atoms with E-state index < -0.39 is 0 Å². The molecule has 0 heterocycles. The van der Waals surface area contributed by atoms with Gasteiger partial charge in [-0.15, -0.1) is 0 Å². The first-order valence-electron chi connectivity index (χ1n) is 12.1. The first-order chi connectivity index (χ1) is 18.7. The number of hydrogen-bond donors (Lipinski definition) is 2. The Morgan fingerprint density at radius 2 is 1.05 bits per heavy atom. The van der Waals surface area contributed by atoms with Crippen LogP contribution in [-0.2, 0) is 0 Å². The van der Waals surface area contributed by atoms with Crippen LogP contribution in [0.3, 0.4) is 0 Å². The minimum atomic E-state index is -0.337. The van der Waals surface area contributed by atoms with E-state index in [-0.39, 0.29) is 11.0 Å². The van der Waals surface area contributed by atoms with Crippen LogP contribution in [0.25, 0.3) is 0 Å². The number of amides is 1. The molecule has 4 aromatic carbocycles. The van der Waals surface area contributed by atoms with Crippen molar-refractivity contribution < 1.29 is 23.7 Å². The summed E-state index contributed by atoms with van der Waals surface area (Å²) >= 11 is 5.35. The topological polar surface area (TPSA) is 78.1 Å². The molecule has 0 aliphatic rings. The summed E-state index contributed by atoms with van der Waals surface area (Å²) in [6.45, 7) is 1.53. The van der Waals surface area contributed by atoms with E-state index in [1.807, 2.05) is 84.9 Å². The Morgan fingerprint density at radius 3 is 1.63 bits per heavy atom. The van der Waals surface area contributed by atoms with Gasteiger partial charge in [-0.2, -0.15) is 0 Å². The van der Waals surface area contributed by atoms with E-state index in [0.29, 0.717) is 49.2 Å². The van der Waals surface area contributed by atoms with Crippen molar-refractivity contribution in [1.29, 1.82) is 0 Å². The molecule has 0 spiro atoms. The third kappa shape index (κ3) is 8.53. The zero-order valence-electron chi connectivity index (χ0n) is 20.7. The number of thiocarbonyl (C=S) groups is 1. The summed E-state index contributed by atoms with van der Waals surface area (Å²) < 4.78 is 22.8. The van der Waals surface area contributed by atoms with E-state index in [2.05, 4.69) is 10.6 Å². The van der Waals surface area contributed by atoms with Gasteiger partial charge in [0, 0.05) is 5.56 Å². The van der Waals surface area contributed by atoms with Crippen LogP contribution in [0.1, 0.15) is 10.4 Å². The third-order valence-electron chi connectivity index (χ3n) is 5.20. The molecule has 0 saturated heterocycles. The summed E-state index contributed by atoms with van der Waals surface area (Å²) in [4.78, 5) is 12.7. The van der Waals surface area contributed by atoms with Gasteiger partial charge < -0.3 is 24.3 Å². The zero-order valence-corrected chi connectivity index (χ0v) is 21.5. The second-order valence-electron chi connectivity index (χ2n) is 7.95. The van der Waals surface area contributed by atoms with E-state index in [4.69, 9.17) is 31.2 Å². The van der Waals surface area contributed by atoms with Crippen molar-refractivity contribution in [2.75, 3.05) is 31.7 Å². The van der Waals surface area contributed by atoms with Gasteiger partial charge in [-0.05, 0) is 72.9 Å². The zero-order chi connectivity index (χ0) is 26.4. The third-order valence-corrected chi connectivity index (χ3v) is 5.40. The number of para-hydroxylation sites is 4. The van der Waals surface area contributed by atoms with Crippen molar-refractivity contribution in [1.82, 2.24) is 5.32 Å². The van der Waals surface area contributed by atoms with E-state index in [0.717, 1.165) is 11.5 Å². The molecule has 4 rings (SSSR count). The standard InChI is InChI=1S/C30H28N2O5S/c33-29(23-15-17-26(18-16-23)36-20-19-34-24-9-3-1-4-10-24)32-30(38)31-27-13-7-8-14-28(27)37-22-21-35-25-11-5-2-6-12-25/h1-18H,19-22H2,(H2,31,32,33,38). The van der Waals surface area contributed by atoms with E-state index in [1.54, 1.807) is 24.3 Å². The van der Waals surface area contributed by atoms with Gasteiger partial charge in [-0.1, -0.05) is 48.5 Å². The average molecular weight is 529 g/mol. The lowest BCUT2D eigenvalue weighted by Crippen LogP contribution is -2.34. The van der Waals surface area contributed by atoms with E-state index in [1.165, 1.54) is 0 Å². The fraction of sp³-hybridized carbons (Fsp3) is 0.133. The van der Waals surface area contributed by atoms with Crippen molar-refractivity contribution in [3.63, 3.8) is 0 Å². The highest BCUT2D eigenvalue weighted by Crippen LogP contribution is 2.24. The average Bonchev–Trinajstić information content (AvgIpc) is 2.95. The number of benzene rings is 4. The first-order valence-corrected chi connectivity index (χ1v) is 12.5. The lowest BCUT2D eigenvalue weighted by atomic mass is 10.2. The maximum atomic E-state index is 12.7. The molecule has 38 heavy (non-hydrogen) atoms. The van der Waals surface area contributed by atoms with Gasteiger partial charge in [0.15, 0.2) is 5.11 Å². The number of rotatable bonds is 12. The van der Waals surface area contributed by atoms with E-state index >= 15 is 0 Å². The number of carbonyl (C=O) groups excluding carboxylic acids is 1. The largest absolute Gasteiger partial charge is 0.490 e. The number of hydrogen-bond acceptors (Lipinski definition) is 6. The monoisotopic (exact) mass is 528 g/mol. The molecule has 194 valence electrons. The van der Waals surface area contributed by atoms with Crippen LogP contribution in [-0.4, -0.2) is 37.4 Å². The molecule has 0 unspecified atom stereocenters. The molecule has 7 nitrogen and oxygen atoms in total. The molecular weight excluding hydrogens is 500 g/mol.